The Labute approximate surface area is 87.8 Å². The van der Waals surface area contributed by atoms with E-state index in [0.717, 1.165) is 6.07 Å². The van der Waals surface area contributed by atoms with Gasteiger partial charge >= 0.3 is 7.60 Å². The summed E-state index contributed by atoms with van der Waals surface area (Å²) >= 11 is 0. The van der Waals surface area contributed by atoms with E-state index >= 15 is 0 Å². The average molecular weight is 232 g/mol. The monoisotopic (exact) mass is 232 g/mol. The van der Waals surface area contributed by atoms with Crippen LogP contribution in [0.4, 0.5) is 0 Å². The van der Waals surface area contributed by atoms with E-state index in [1.54, 1.807) is 6.92 Å². The van der Waals surface area contributed by atoms with Crippen LogP contribution in [-0.2, 0) is 13.6 Å². The summed E-state index contributed by atoms with van der Waals surface area (Å²) in [5.74, 6) is -0.637. The Hall–Kier alpha value is -1.03. The van der Waals surface area contributed by atoms with Crippen molar-refractivity contribution in [2.45, 2.75) is 6.92 Å². The van der Waals surface area contributed by atoms with Crippen LogP contribution in [0.1, 0.15) is 6.92 Å². The van der Waals surface area contributed by atoms with E-state index in [1.807, 2.05) is 0 Å². The summed E-state index contributed by atoms with van der Waals surface area (Å²) in [5.41, 5.74) is 0. The molecule has 0 spiro atoms. The van der Waals surface area contributed by atoms with Crippen LogP contribution in [-0.4, -0.2) is 23.9 Å². The topological polar surface area (TPSA) is 76.0 Å². The predicted molar refractivity (Wildman–Crippen MR) is 55.6 cm³/mol. The van der Waals surface area contributed by atoms with Gasteiger partial charge in [0.1, 0.15) is 0 Å². The standard InChI is InChI=1S/C9H13O5P/c1-3-14-15(12,13-2)7-4-5-8(10)9(11)6-7/h4-6,10-11H,3H2,1-2H3. The molecular weight excluding hydrogens is 219 g/mol. The number of aromatic hydroxyl groups is 2. The number of benzene rings is 1. The molecule has 1 atom stereocenters. The smallest absolute Gasteiger partial charge is 0.361 e. The zero-order valence-corrected chi connectivity index (χ0v) is 9.40. The highest BCUT2D eigenvalue weighted by atomic mass is 31.2. The van der Waals surface area contributed by atoms with E-state index in [4.69, 9.17) is 14.2 Å². The molecule has 15 heavy (non-hydrogen) atoms. The van der Waals surface area contributed by atoms with E-state index in [2.05, 4.69) is 0 Å². The maximum Gasteiger partial charge on any atom is 0.361 e. The molecule has 84 valence electrons. The third kappa shape index (κ3) is 2.50. The van der Waals surface area contributed by atoms with Gasteiger partial charge in [0.25, 0.3) is 0 Å². The van der Waals surface area contributed by atoms with Crippen LogP contribution in [0.25, 0.3) is 0 Å². The molecule has 6 heteroatoms. The first-order valence-electron chi connectivity index (χ1n) is 4.36. The molecule has 5 nitrogen and oxygen atoms in total. The fourth-order valence-corrected chi connectivity index (χ4v) is 2.43. The first-order valence-corrected chi connectivity index (χ1v) is 5.90. The molecule has 2 N–H and O–H groups in total. The summed E-state index contributed by atoms with van der Waals surface area (Å²) in [6.07, 6.45) is 0. The molecule has 1 unspecified atom stereocenters. The number of hydrogen-bond acceptors (Lipinski definition) is 5. The first kappa shape index (κ1) is 12.0. The Bertz CT molecular complexity index is 390. The van der Waals surface area contributed by atoms with Gasteiger partial charge in [-0.3, -0.25) is 4.57 Å². The van der Waals surface area contributed by atoms with Crippen LogP contribution in [0.3, 0.4) is 0 Å². The second-order valence-corrected chi connectivity index (χ2v) is 4.91. The van der Waals surface area contributed by atoms with Gasteiger partial charge in [0.05, 0.1) is 11.9 Å². The SMILES string of the molecule is CCOP(=O)(OC)c1ccc(O)c(O)c1. The van der Waals surface area contributed by atoms with Crippen LogP contribution in [0.2, 0.25) is 0 Å². The molecular formula is C9H13O5P. The molecule has 1 aromatic rings. The minimum Gasteiger partial charge on any atom is -0.504 e. The molecule has 0 saturated heterocycles. The summed E-state index contributed by atoms with van der Waals surface area (Å²) in [5, 5.41) is 18.5. The third-order valence-corrected chi connectivity index (χ3v) is 3.80. The van der Waals surface area contributed by atoms with E-state index in [0.29, 0.717) is 0 Å². The molecule has 1 aromatic carbocycles. The maximum absolute atomic E-state index is 12.0. The number of phenols is 2. The quantitative estimate of drug-likeness (QED) is 0.609. The van der Waals surface area contributed by atoms with Crippen molar-refractivity contribution in [3.8, 4) is 11.5 Å². The number of rotatable bonds is 4. The van der Waals surface area contributed by atoms with Gasteiger partial charge in [0.15, 0.2) is 11.5 Å². The molecule has 0 fully saturated rings. The second kappa shape index (κ2) is 4.66. The minimum absolute atomic E-state index is 0.210. The summed E-state index contributed by atoms with van der Waals surface area (Å²) in [4.78, 5) is 0. The summed E-state index contributed by atoms with van der Waals surface area (Å²) in [6, 6.07) is 3.78. The van der Waals surface area contributed by atoms with E-state index in [-0.39, 0.29) is 23.4 Å². The highest BCUT2D eigenvalue weighted by Gasteiger charge is 2.26. The van der Waals surface area contributed by atoms with Gasteiger partial charge in [-0.1, -0.05) is 0 Å². The molecule has 0 bridgehead atoms. The van der Waals surface area contributed by atoms with Crippen molar-refractivity contribution in [3.63, 3.8) is 0 Å². The summed E-state index contributed by atoms with van der Waals surface area (Å²) in [7, 11) is -2.11. The van der Waals surface area contributed by atoms with Gasteiger partial charge < -0.3 is 19.3 Å². The predicted octanol–water partition coefficient (Wildman–Crippen LogP) is 1.60. The fourth-order valence-electron chi connectivity index (χ4n) is 1.08. The second-order valence-electron chi connectivity index (χ2n) is 2.77. The fraction of sp³-hybridized carbons (Fsp3) is 0.333. The average Bonchev–Trinajstić information content (AvgIpc) is 2.22. The van der Waals surface area contributed by atoms with Crippen LogP contribution in [0, 0.1) is 0 Å². The van der Waals surface area contributed by atoms with Crippen molar-refractivity contribution >= 4 is 12.9 Å². The van der Waals surface area contributed by atoms with Crippen molar-refractivity contribution in [2.24, 2.45) is 0 Å². The Balaban J connectivity index is 3.13. The Morgan fingerprint density at radius 2 is 2.00 bits per heavy atom. The lowest BCUT2D eigenvalue weighted by molar-refractivity contribution is 0.254. The molecule has 0 amide bonds. The van der Waals surface area contributed by atoms with Gasteiger partial charge in [0.2, 0.25) is 0 Å². The van der Waals surface area contributed by atoms with Gasteiger partial charge in [-0.2, -0.15) is 0 Å². The lowest BCUT2D eigenvalue weighted by Gasteiger charge is -2.15. The largest absolute Gasteiger partial charge is 0.504 e. The van der Waals surface area contributed by atoms with Gasteiger partial charge in [-0.25, -0.2) is 0 Å². The van der Waals surface area contributed by atoms with Crippen molar-refractivity contribution in [1.29, 1.82) is 0 Å². The number of phenolic OH excluding ortho intramolecular Hbond substituents is 2. The van der Waals surface area contributed by atoms with Crippen molar-refractivity contribution in [1.82, 2.24) is 0 Å². The lowest BCUT2D eigenvalue weighted by Crippen LogP contribution is -2.08. The highest BCUT2D eigenvalue weighted by molar-refractivity contribution is 7.62. The van der Waals surface area contributed by atoms with E-state index < -0.39 is 7.60 Å². The summed E-state index contributed by atoms with van der Waals surface area (Å²) < 4.78 is 21.8. The van der Waals surface area contributed by atoms with Crippen molar-refractivity contribution in [2.75, 3.05) is 13.7 Å². The molecule has 0 aliphatic rings. The van der Waals surface area contributed by atoms with Crippen LogP contribution in [0.5, 0.6) is 11.5 Å². The van der Waals surface area contributed by atoms with Crippen molar-refractivity contribution in [3.05, 3.63) is 18.2 Å². The molecule has 0 radical (unpaired) electrons. The van der Waals surface area contributed by atoms with Crippen LogP contribution in [0.15, 0.2) is 18.2 Å². The number of hydrogen-bond donors (Lipinski definition) is 2. The Morgan fingerprint density at radius 3 is 2.47 bits per heavy atom. The van der Waals surface area contributed by atoms with Gasteiger partial charge in [-0.05, 0) is 25.1 Å². The Kier molecular flexibility index (Phi) is 3.74. The summed E-state index contributed by atoms with van der Waals surface area (Å²) in [6.45, 7) is 1.92. The highest BCUT2D eigenvalue weighted by Crippen LogP contribution is 2.47. The van der Waals surface area contributed by atoms with Gasteiger partial charge in [-0.15, -0.1) is 0 Å². The normalized spacial score (nSPS) is 14.8. The zero-order valence-electron chi connectivity index (χ0n) is 8.51. The van der Waals surface area contributed by atoms with Gasteiger partial charge in [0, 0.05) is 7.11 Å². The molecule has 0 aliphatic carbocycles. The van der Waals surface area contributed by atoms with E-state index in [1.165, 1.54) is 19.2 Å². The molecule has 0 heterocycles. The van der Waals surface area contributed by atoms with Crippen LogP contribution >= 0.6 is 7.60 Å². The maximum atomic E-state index is 12.0. The molecule has 0 aromatic heterocycles. The first-order chi connectivity index (χ1) is 7.03. The molecule has 1 rings (SSSR count). The Morgan fingerprint density at radius 1 is 1.33 bits per heavy atom. The van der Waals surface area contributed by atoms with Crippen molar-refractivity contribution < 1.29 is 23.8 Å². The molecule has 0 saturated carbocycles. The van der Waals surface area contributed by atoms with Crippen LogP contribution < -0.4 is 5.30 Å². The third-order valence-electron chi connectivity index (χ3n) is 1.81. The molecule has 0 aliphatic heterocycles. The zero-order chi connectivity index (χ0) is 11.5. The van der Waals surface area contributed by atoms with E-state index in [9.17, 15) is 9.67 Å². The lowest BCUT2D eigenvalue weighted by atomic mass is 10.3. The minimum atomic E-state index is -3.37.